The maximum atomic E-state index is 12.3. The molecule has 1 rings (SSSR count). The third-order valence-electron chi connectivity index (χ3n) is 2.11. The Morgan fingerprint density at radius 2 is 2.00 bits per heavy atom. The molecule has 0 aromatic heterocycles. The number of hydrogen-bond donors (Lipinski definition) is 1. The lowest BCUT2D eigenvalue weighted by Crippen LogP contribution is -2.28. The van der Waals surface area contributed by atoms with Crippen molar-refractivity contribution in [2.45, 2.75) is 12.2 Å². The maximum absolute atomic E-state index is 12.3. The Kier molecular flexibility index (Phi) is 5.37. The van der Waals surface area contributed by atoms with E-state index in [4.69, 9.17) is 5.73 Å². The maximum Gasteiger partial charge on any atom is 0.407 e. The molecule has 0 bridgehead atoms. The van der Waals surface area contributed by atoms with Crippen molar-refractivity contribution in [3.05, 3.63) is 33.9 Å². The summed E-state index contributed by atoms with van der Waals surface area (Å²) in [6.07, 6.45) is -4.65. The number of nitro groups is 1. The standard InChI is InChI=1S/C9H9F3N2O3.ClH/c1-17-7-3-2-5(4-6(7)14(15)16)8(13)9(10,11)12;/h2-4,8H,13H2,1H3;1H/t8-;/m0./s1. The summed E-state index contributed by atoms with van der Waals surface area (Å²) in [6, 6.07) is 0.632. The Morgan fingerprint density at radius 1 is 1.44 bits per heavy atom. The molecule has 0 aliphatic rings. The zero-order valence-corrected chi connectivity index (χ0v) is 9.92. The molecule has 0 aliphatic heterocycles. The van der Waals surface area contributed by atoms with Gasteiger partial charge in [-0.05, 0) is 11.6 Å². The summed E-state index contributed by atoms with van der Waals surface area (Å²) in [6.45, 7) is 0. The number of nitrogens with zero attached hydrogens (tertiary/aromatic N) is 1. The van der Waals surface area contributed by atoms with Gasteiger partial charge < -0.3 is 10.5 Å². The lowest BCUT2D eigenvalue weighted by atomic mass is 10.1. The van der Waals surface area contributed by atoms with Gasteiger partial charge in [0.25, 0.3) is 0 Å². The lowest BCUT2D eigenvalue weighted by Gasteiger charge is -2.16. The molecule has 0 aliphatic carbocycles. The van der Waals surface area contributed by atoms with E-state index >= 15 is 0 Å². The van der Waals surface area contributed by atoms with Gasteiger partial charge in [-0.25, -0.2) is 0 Å². The summed E-state index contributed by atoms with van der Waals surface area (Å²) < 4.78 is 41.6. The molecule has 0 unspecified atom stereocenters. The largest absolute Gasteiger partial charge is 0.490 e. The Hall–Kier alpha value is -1.54. The van der Waals surface area contributed by atoms with E-state index in [2.05, 4.69) is 4.74 Å². The van der Waals surface area contributed by atoms with Crippen LogP contribution in [0.3, 0.4) is 0 Å². The molecule has 5 nitrogen and oxygen atoms in total. The Balaban J connectivity index is 0.00000289. The van der Waals surface area contributed by atoms with Crippen LogP contribution in [0.5, 0.6) is 5.75 Å². The van der Waals surface area contributed by atoms with E-state index in [0.29, 0.717) is 0 Å². The third-order valence-corrected chi connectivity index (χ3v) is 2.11. The number of benzene rings is 1. The van der Waals surface area contributed by atoms with Crippen molar-refractivity contribution >= 4 is 18.1 Å². The van der Waals surface area contributed by atoms with Gasteiger partial charge in [0.1, 0.15) is 6.04 Å². The highest BCUT2D eigenvalue weighted by atomic mass is 35.5. The molecule has 102 valence electrons. The van der Waals surface area contributed by atoms with Crippen LogP contribution in [-0.2, 0) is 0 Å². The van der Waals surface area contributed by atoms with E-state index in [1.807, 2.05) is 0 Å². The van der Waals surface area contributed by atoms with Crippen LogP contribution in [0, 0.1) is 10.1 Å². The monoisotopic (exact) mass is 286 g/mol. The first kappa shape index (κ1) is 16.5. The number of nitrogens with two attached hydrogens (primary N) is 1. The van der Waals surface area contributed by atoms with Crippen molar-refractivity contribution in [3.8, 4) is 5.75 Å². The summed E-state index contributed by atoms with van der Waals surface area (Å²) in [5.41, 5.74) is 4.01. The molecule has 0 amide bonds. The van der Waals surface area contributed by atoms with Crippen molar-refractivity contribution in [2.24, 2.45) is 5.73 Å². The average molecular weight is 287 g/mol. The van der Waals surface area contributed by atoms with Crippen molar-refractivity contribution in [3.63, 3.8) is 0 Å². The van der Waals surface area contributed by atoms with Crippen molar-refractivity contribution in [2.75, 3.05) is 7.11 Å². The fourth-order valence-electron chi connectivity index (χ4n) is 1.23. The average Bonchev–Trinajstić information content (AvgIpc) is 2.25. The van der Waals surface area contributed by atoms with Crippen LogP contribution in [0.15, 0.2) is 18.2 Å². The molecule has 0 fully saturated rings. The number of ether oxygens (including phenoxy) is 1. The molecule has 9 heteroatoms. The van der Waals surface area contributed by atoms with Gasteiger partial charge in [0.2, 0.25) is 0 Å². The van der Waals surface area contributed by atoms with Crippen LogP contribution < -0.4 is 10.5 Å². The highest BCUT2D eigenvalue weighted by Crippen LogP contribution is 2.35. The van der Waals surface area contributed by atoms with E-state index < -0.39 is 22.8 Å². The highest BCUT2D eigenvalue weighted by molar-refractivity contribution is 5.85. The van der Waals surface area contributed by atoms with Gasteiger partial charge in [0.15, 0.2) is 5.75 Å². The molecule has 0 heterocycles. The smallest absolute Gasteiger partial charge is 0.407 e. The topological polar surface area (TPSA) is 78.4 Å². The van der Waals surface area contributed by atoms with Crippen LogP contribution >= 0.6 is 12.4 Å². The predicted octanol–water partition coefficient (Wildman–Crippen LogP) is 2.59. The summed E-state index contributed by atoms with van der Waals surface area (Å²) >= 11 is 0. The molecule has 1 aromatic carbocycles. The number of rotatable bonds is 3. The summed E-state index contributed by atoms with van der Waals surface area (Å²) in [4.78, 5) is 9.78. The number of alkyl halides is 3. The number of hydrogen-bond acceptors (Lipinski definition) is 4. The first-order chi connectivity index (χ1) is 7.77. The van der Waals surface area contributed by atoms with Gasteiger partial charge in [0, 0.05) is 6.07 Å². The van der Waals surface area contributed by atoms with Gasteiger partial charge in [-0.1, -0.05) is 6.07 Å². The fraction of sp³-hybridized carbons (Fsp3) is 0.333. The van der Waals surface area contributed by atoms with Gasteiger partial charge >= 0.3 is 11.9 Å². The second-order valence-electron chi connectivity index (χ2n) is 3.21. The Bertz CT molecular complexity index is 440. The molecule has 18 heavy (non-hydrogen) atoms. The molecule has 1 aromatic rings. The van der Waals surface area contributed by atoms with Crippen molar-refractivity contribution in [1.29, 1.82) is 0 Å². The van der Waals surface area contributed by atoms with Gasteiger partial charge in [-0.3, -0.25) is 10.1 Å². The molecular weight excluding hydrogens is 277 g/mol. The number of halogens is 4. The minimum absolute atomic E-state index is 0. The zero-order chi connectivity index (χ0) is 13.2. The van der Waals surface area contributed by atoms with E-state index in [0.717, 1.165) is 18.2 Å². The second kappa shape index (κ2) is 5.87. The molecule has 0 saturated heterocycles. The van der Waals surface area contributed by atoms with Gasteiger partial charge in [0.05, 0.1) is 12.0 Å². The van der Waals surface area contributed by atoms with Crippen molar-refractivity contribution < 1.29 is 22.8 Å². The first-order valence-electron chi connectivity index (χ1n) is 4.42. The molecule has 0 radical (unpaired) electrons. The summed E-state index contributed by atoms with van der Waals surface area (Å²) in [5, 5.41) is 10.6. The molecule has 1 atom stereocenters. The van der Waals surface area contributed by atoms with Crippen LogP contribution in [0.1, 0.15) is 11.6 Å². The minimum atomic E-state index is -4.65. The van der Waals surface area contributed by atoms with Crippen LogP contribution in [-0.4, -0.2) is 18.2 Å². The van der Waals surface area contributed by atoms with Crippen LogP contribution in [0.25, 0.3) is 0 Å². The second-order valence-corrected chi connectivity index (χ2v) is 3.21. The fourth-order valence-corrected chi connectivity index (χ4v) is 1.23. The van der Waals surface area contributed by atoms with Crippen LogP contribution in [0.2, 0.25) is 0 Å². The lowest BCUT2D eigenvalue weighted by molar-refractivity contribution is -0.385. The first-order valence-corrected chi connectivity index (χ1v) is 4.42. The molecule has 0 saturated carbocycles. The van der Waals surface area contributed by atoms with Crippen molar-refractivity contribution in [1.82, 2.24) is 0 Å². The minimum Gasteiger partial charge on any atom is -0.490 e. The van der Waals surface area contributed by atoms with E-state index in [1.165, 1.54) is 7.11 Å². The SMILES string of the molecule is COc1ccc([C@H](N)C(F)(F)F)cc1[N+](=O)[O-].Cl. The molecular formula is C9H10ClF3N2O3. The number of nitro benzene ring substituents is 1. The van der Waals surface area contributed by atoms with Gasteiger partial charge in [-0.2, -0.15) is 13.2 Å². The van der Waals surface area contributed by atoms with E-state index in [1.54, 1.807) is 0 Å². The number of methoxy groups -OCH3 is 1. The highest BCUT2D eigenvalue weighted by Gasteiger charge is 2.38. The molecule has 0 spiro atoms. The van der Waals surface area contributed by atoms with E-state index in [9.17, 15) is 23.3 Å². The zero-order valence-electron chi connectivity index (χ0n) is 9.10. The normalized spacial score (nSPS) is 12.5. The predicted molar refractivity (Wildman–Crippen MR) is 59.9 cm³/mol. The summed E-state index contributed by atoms with van der Waals surface area (Å²) in [7, 11) is 1.19. The Morgan fingerprint density at radius 3 is 2.39 bits per heavy atom. The molecule has 2 N–H and O–H groups in total. The quantitative estimate of drug-likeness (QED) is 0.684. The summed E-state index contributed by atoms with van der Waals surface area (Å²) in [5.74, 6) is -0.117. The van der Waals surface area contributed by atoms with Crippen LogP contribution in [0.4, 0.5) is 18.9 Å². The Labute approximate surface area is 106 Å². The third kappa shape index (κ3) is 3.47. The van der Waals surface area contributed by atoms with Gasteiger partial charge in [-0.15, -0.1) is 12.4 Å². The van der Waals surface area contributed by atoms with E-state index in [-0.39, 0.29) is 23.7 Å².